The van der Waals surface area contributed by atoms with Crippen molar-refractivity contribution in [1.82, 2.24) is 15.3 Å². The largest absolute Gasteiger partial charge is 0.341 e. The molecule has 1 fully saturated rings. The number of hydrogen-bond donors (Lipinski definition) is 1. The SMILES string of the molecule is CC(C)CNCC1CCN(c2ncccn2)CC1. The highest BCUT2D eigenvalue weighted by Gasteiger charge is 2.20. The molecule has 0 unspecified atom stereocenters. The van der Waals surface area contributed by atoms with Crippen LogP contribution in [0, 0.1) is 11.8 Å². The third kappa shape index (κ3) is 3.95. The summed E-state index contributed by atoms with van der Waals surface area (Å²) >= 11 is 0. The molecule has 0 radical (unpaired) electrons. The Balaban J connectivity index is 1.71. The minimum absolute atomic E-state index is 0.739. The van der Waals surface area contributed by atoms with Crippen molar-refractivity contribution in [3.8, 4) is 0 Å². The first-order chi connectivity index (χ1) is 8.75. The molecule has 0 spiro atoms. The van der Waals surface area contributed by atoms with Gasteiger partial charge in [0.1, 0.15) is 0 Å². The van der Waals surface area contributed by atoms with E-state index in [1.54, 1.807) is 0 Å². The molecule has 4 nitrogen and oxygen atoms in total. The van der Waals surface area contributed by atoms with Crippen LogP contribution in [0.15, 0.2) is 18.5 Å². The molecule has 1 saturated heterocycles. The van der Waals surface area contributed by atoms with Crippen LogP contribution in [0.2, 0.25) is 0 Å². The van der Waals surface area contributed by atoms with E-state index in [9.17, 15) is 0 Å². The zero-order valence-corrected chi connectivity index (χ0v) is 11.5. The predicted molar refractivity (Wildman–Crippen MR) is 74.7 cm³/mol. The predicted octanol–water partition coefficient (Wildman–Crippen LogP) is 1.94. The molecule has 0 aromatic carbocycles. The Morgan fingerprint density at radius 2 is 1.94 bits per heavy atom. The van der Waals surface area contributed by atoms with Gasteiger partial charge in [0, 0.05) is 25.5 Å². The standard InChI is InChI=1S/C14H24N4/c1-12(2)10-15-11-13-4-8-18(9-5-13)14-16-6-3-7-17-14/h3,6-7,12-13,15H,4-5,8-11H2,1-2H3. The van der Waals surface area contributed by atoms with Gasteiger partial charge in [0.25, 0.3) is 0 Å². The van der Waals surface area contributed by atoms with Crippen molar-refractivity contribution in [2.75, 3.05) is 31.1 Å². The number of rotatable bonds is 5. The topological polar surface area (TPSA) is 41.0 Å². The second-order valence-corrected chi connectivity index (χ2v) is 5.53. The summed E-state index contributed by atoms with van der Waals surface area (Å²) < 4.78 is 0. The van der Waals surface area contributed by atoms with Gasteiger partial charge >= 0.3 is 0 Å². The van der Waals surface area contributed by atoms with Crippen molar-refractivity contribution in [2.24, 2.45) is 11.8 Å². The molecule has 4 heteroatoms. The van der Waals surface area contributed by atoms with Crippen molar-refractivity contribution < 1.29 is 0 Å². The maximum Gasteiger partial charge on any atom is 0.225 e. The van der Waals surface area contributed by atoms with Gasteiger partial charge in [0.05, 0.1) is 0 Å². The van der Waals surface area contributed by atoms with Gasteiger partial charge in [-0.1, -0.05) is 13.8 Å². The van der Waals surface area contributed by atoms with E-state index in [1.165, 1.54) is 12.8 Å². The highest BCUT2D eigenvalue weighted by Crippen LogP contribution is 2.19. The zero-order chi connectivity index (χ0) is 12.8. The molecule has 100 valence electrons. The molecule has 2 heterocycles. The summed E-state index contributed by atoms with van der Waals surface area (Å²) in [5.74, 6) is 2.43. The Morgan fingerprint density at radius 3 is 2.56 bits per heavy atom. The molecule has 0 amide bonds. The van der Waals surface area contributed by atoms with E-state index < -0.39 is 0 Å². The lowest BCUT2D eigenvalue weighted by atomic mass is 9.97. The molecule has 1 aliphatic rings. The van der Waals surface area contributed by atoms with Gasteiger partial charge in [-0.15, -0.1) is 0 Å². The molecule has 18 heavy (non-hydrogen) atoms. The van der Waals surface area contributed by atoms with Crippen molar-refractivity contribution in [3.63, 3.8) is 0 Å². The van der Waals surface area contributed by atoms with Crippen molar-refractivity contribution in [2.45, 2.75) is 26.7 Å². The highest BCUT2D eigenvalue weighted by molar-refractivity contribution is 5.28. The van der Waals surface area contributed by atoms with Crippen LogP contribution in [0.5, 0.6) is 0 Å². The summed E-state index contributed by atoms with van der Waals surface area (Å²) in [5, 5.41) is 3.56. The first-order valence-electron chi connectivity index (χ1n) is 6.98. The molecule has 0 atom stereocenters. The molecule has 2 rings (SSSR count). The van der Waals surface area contributed by atoms with Crippen molar-refractivity contribution in [3.05, 3.63) is 18.5 Å². The van der Waals surface area contributed by atoms with Gasteiger partial charge in [-0.25, -0.2) is 9.97 Å². The fourth-order valence-corrected chi connectivity index (χ4v) is 2.37. The Bertz CT molecular complexity index is 331. The van der Waals surface area contributed by atoms with E-state index in [2.05, 4.69) is 34.0 Å². The highest BCUT2D eigenvalue weighted by atomic mass is 15.2. The third-order valence-corrected chi connectivity index (χ3v) is 3.44. The van der Waals surface area contributed by atoms with E-state index in [-0.39, 0.29) is 0 Å². The molecule has 0 bridgehead atoms. The lowest BCUT2D eigenvalue weighted by Gasteiger charge is -2.32. The van der Waals surface area contributed by atoms with Crippen molar-refractivity contribution >= 4 is 5.95 Å². The Labute approximate surface area is 110 Å². The number of anilines is 1. The zero-order valence-electron chi connectivity index (χ0n) is 11.5. The van der Waals surface area contributed by atoms with Gasteiger partial charge in [0.15, 0.2) is 0 Å². The number of piperidine rings is 1. The van der Waals surface area contributed by atoms with E-state index in [0.29, 0.717) is 0 Å². The average molecular weight is 248 g/mol. The molecule has 1 aromatic rings. The first kappa shape index (κ1) is 13.3. The summed E-state index contributed by atoms with van der Waals surface area (Å²) in [6, 6.07) is 1.87. The van der Waals surface area contributed by atoms with E-state index in [0.717, 1.165) is 44.0 Å². The summed E-state index contributed by atoms with van der Waals surface area (Å²) in [6.45, 7) is 8.95. The van der Waals surface area contributed by atoms with Crippen LogP contribution in [0.3, 0.4) is 0 Å². The maximum atomic E-state index is 4.31. The summed E-state index contributed by atoms with van der Waals surface area (Å²) in [5.41, 5.74) is 0. The molecule has 0 aliphatic carbocycles. The third-order valence-electron chi connectivity index (χ3n) is 3.44. The molecule has 1 aliphatic heterocycles. The molecule has 1 N–H and O–H groups in total. The van der Waals surface area contributed by atoms with Gasteiger partial charge < -0.3 is 10.2 Å². The number of aromatic nitrogens is 2. The molecule has 0 saturated carbocycles. The second kappa shape index (κ2) is 6.69. The van der Waals surface area contributed by atoms with Gasteiger partial charge in [-0.3, -0.25) is 0 Å². The maximum absolute atomic E-state index is 4.31. The van der Waals surface area contributed by atoms with E-state index in [1.807, 2.05) is 18.5 Å². The van der Waals surface area contributed by atoms with Gasteiger partial charge in [0.2, 0.25) is 5.95 Å². The minimum Gasteiger partial charge on any atom is -0.341 e. The smallest absolute Gasteiger partial charge is 0.225 e. The van der Waals surface area contributed by atoms with Crippen LogP contribution in [0.1, 0.15) is 26.7 Å². The van der Waals surface area contributed by atoms with Gasteiger partial charge in [-0.2, -0.15) is 0 Å². The van der Waals surface area contributed by atoms with Crippen molar-refractivity contribution in [1.29, 1.82) is 0 Å². The fourth-order valence-electron chi connectivity index (χ4n) is 2.37. The average Bonchev–Trinajstić information content (AvgIpc) is 2.40. The number of nitrogens with zero attached hydrogens (tertiary/aromatic N) is 3. The molecule has 1 aromatic heterocycles. The normalized spacial score (nSPS) is 17.4. The summed E-state index contributed by atoms with van der Waals surface area (Å²) in [4.78, 5) is 10.9. The Kier molecular flexibility index (Phi) is 4.93. The fraction of sp³-hybridized carbons (Fsp3) is 0.714. The molecular weight excluding hydrogens is 224 g/mol. The number of hydrogen-bond acceptors (Lipinski definition) is 4. The van der Waals surface area contributed by atoms with Crippen LogP contribution in [0.25, 0.3) is 0 Å². The van der Waals surface area contributed by atoms with Gasteiger partial charge in [-0.05, 0) is 43.8 Å². The van der Waals surface area contributed by atoms with Crippen LogP contribution in [0.4, 0.5) is 5.95 Å². The van der Waals surface area contributed by atoms with Crippen LogP contribution >= 0.6 is 0 Å². The van der Waals surface area contributed by atoms with E-state index >= 15 is 0 Å². The van der Waals surface area contributed by atoms with E-state index in [4.69, 9.17) is 0 Å². The first-order valence-corrected chi connectivity index (χ1v) is 6.98. The number of nitrogens with one attached hydrogen (secondary N) is 1. The Morgan fingerprint density at radius 1 is 1.28 bits per heavy atom. The monoisotopic (exact) mass is 248 g/mol. The summed E-state index contributed by atoms with van der Waals surface area (Å²) in [6.07, 6.45) is 6.12. The second-order valence-electron chi connectivity index (χ2n) is 5.53. The van der Waals surface area contributed by atoms with Crippen LogP contribution in [-0.4, -0.2) is 36.1 Å². The quantitative estimate of drug-likeness (QED) is 0.864. The lowest BCUT2D eigenvalue weighted by Crippen LogP contribution is -2.38. The summed E-state index contributed by atoms with van der Waals surface area (Å²) in [7, 11) is 0. The minimum atomic E-state index is 0.739. The lowest BCUT2D eigenvalue weighted by molar-refractivity contribution is 0.372. The molecular formula is C14H24N4. The van der Waals surface area contributed by atoms with Crippen LogP contribution in [-0.2, 0) is 0 Å². The Hall–Kier alpha value is -1.16. The van der Waals surface area contributed by atoms with Crippen LogP contribution < -0.4 is 10.2 Å².